The van der Waals surface area contributed by atoms with Crippen molar-refractivity contribution in [2.45, 2.75) is 25.4 Å². The molecule has 0 radical (unpaired) electrons. The first-order chi connectivity index (χ1) is 8.68. The van der Waals surface area contributed by atoms with E-state index in [1.54, 1.807) is 12.1 Å². The maximum absolute atomic E-state index is 12.9. The molecule has 18 heavy (non-hydrogen) atoms. The van der Waals surface area contributed by atoms with Crippen LogP contribution in [0.3, 0.4) is 0 Å². The molecule has 0 aromatic heterocycles. The van der Waals surface area contributed by atoms with Crippen molar-refractivity contribution in [2.24, 2.45) is 5.73 Å². The van der Waals surface area contributed by atoms with Crippen LogP contribution in [-0.2, 0) is 4.74 Å². The quantitative estimate of drug-likeness (QED) is 0.893. The summed E-state index contributed by atoms with van der Waals surface area (Å²) in [7, 11) is 0. The van der Waals surface area contributed by atoms with Gasteiger partial charge in [0.2, 0.25) is 0 Å². The van der Waals surface area contributed by atoms with Crippen LogP contribution in [0.5, 0.6) is 0 Å². The SMILES string of the molecule is CC(C(N)c1ccc(F)cc1)N1CCCOCC1. The average molecular weight is 252 g/mol. The molecule has 0 aliphatic carbocycles. The molecule has 1 fully saturated rings. The van der Waals surface area contributed by atoms with Crippen molar-refractivity contribution in [1.82, 2.24) is 4.90 Å². The zero-order valence-corrected chi connectivity index (χ0v) is 10.8. The minimum absolute atomic E-state index is 0.0938. The minimum Gasteiger partial charge on any atom is -0.380 e. The average Bonchev–Trinajstić information content (AvgIpc) is 2.67. The Kier molecular flexibility index (Phi) is 4.69. The second-order valence-electron chi connectivity index (χ2n) is 4.82. The van der Waals surface area contributed by atoms with Crippen molar-refractivity contribution < 1.29 is 9.13 Å². The van der Waals surface area contributed by atoms with Gasteiger partial charge < -0.3 is 10.5 Å². The molecular formula is C14H21FN2O. The predicted molar refractivity (Wildman–Crippen MR) is 69.8 cm³/mol. The van der Waals surface area contributed by atoms with Crippen molar-refractivity contribution in [2.75, 3.05) is 26.3 Å². The van der Waals surface area contributed by atoms with Gasteiger partial charge in [-0.1, -0.05) is 12.1 Å². The molecular weight excluding hydrogens is 231 g/mol. The number of hydrogen-bond acceptors (Lipinski definition) is 3. The molecule has 0 spiro atoms. The molecule has 2 N–H and O–H groups in total. The highest BCUT2D eigenvalue weighted by atomic mass is 19.1. The van der Waals surface area contributed by atoms with E-state index in [1.165, 1.54) is 12.1 Å². The molecule has 2 rings (SSSR count). The van der Waals surface area contributed by atoms with Gasteiger partial charge in [0.25, 0.3) is 0 Å². The first-order valence-electron chi connectivity index (χ1n) is 6.51. The Morgan fingerprint density at radius 1 is 1.22 bits per heavy atom. The summed E-state index contributed by atoms with van der Waals surface area (Å²) in [5.41, 5.74) is 7.25. The molecule has 1 aromatic carbocycles. The summed E-state index contributed by atoms with van der Waals surface area (Å²) in [6, 6.07) is 6.61. The van der Waals surface area contributed by atoms with Crippen molar-refractivity contribution in [1.29, 1.82) is 0 Å². The number of benzene rings is 1. The van der Waals surface area contributed by atoms with Gasteiger partial charge in [0.1, 0.15) is 5.82 Å². The number of nitrogens with two attached hydrogens (primary N) is 1. The van der Waals surface area contributed by atoms with E-state index in [4.69, 9.17) is 10.5 Å². The maximum atomic E-state index is 12.9. The van der Waals surface area contributed by atoms with Crippen LogP contribution in [0, 0.1) is 5.82 Å². The van der Waals surface area contributed by atoms with Gasteiger partial charge in [0.15, 0.2) is 0 Å². The molecule has 0 amide bonds. The molecule has 4 heteroatoms. The predicted octanol–water partition coefficient (Wildman–Crippen LogP) is 1.94. The minimum atomic E-state index is -0.221. The Bertz CT molecular complexity index is 361. The topological polar surface area (TPSA) is 38.5 Å². The number of nitrogens with zero attached hydrogens (tertiary/aromatic N) is 1. The molecule has 2 unspecified atom stereocenters. The van der Waals surface area contributed by atoms with Crippen LogP contribution in [-0.4, -0.2) is 37.2 Å². The summed E-state index contributed by atoms with van der Waals surface area (Å²) in [6.07, 6.45) is 1.04. The summed E-state index contributed by atoms with van der Waals surface area (Å²) < 4.78 is 18.3. The van der Waals surface area contributed by atoms with Gasteiger partial charge in [-0.05, 0) is 31.0 Å². The molecule has 0 saturated carbocycles. The highest BCUT2D eigenvalue weighted by Gasteiger charge is 2.22. The summed E-state index contributed by atoms with van der Waals surface area (Å²) in [4.78, 5) is 2.35. The third kappa shape index (κ3) is 3.28. The number of halogens is 1. The van der Waals surface area contributed by atoms with E-state index < -0.39 is 0 Å². The Labute approximate surface area is 108 Å². The first-order valence-corrected chi connectivity index (χ1v) is 6.51. The Balaban J connectivity index is 2.02. The van der Waals surface area contributed by atoms with Crippen molar-refractivity contribution in [3.8, 4) is 0 Å². The Morgan fingerprint density at radius 2 is 1.94 bits per heavy atom. The van der Waals surface area contributed by atoms with Gasteiger partial charge in [0, 0.05) is 31.8 Å². The van der Waals surface area contributed by atoms with E-state index in [-0.39, 0.29) is 17.9 Å². The fraction of sp³-hybridized carbons (Fsp3) is 0.571. The van der Waals surface area contributed by atoms with E-state index in [2.05, 4.69) is 11.8 Å². The summed E-state index contributed by atoms with van der Waals surface area (Å²) in [6.45, 7) is 5.64. The van der Waals surface area contributed by atoms with Gasteiger partial charge >= 0.3 is 0 Å². The third-order valence-electron chi connectivity index (χ3n) is 3.61. The van der Waals surface area contributed by atoms with E-state index in [0.717, 1.165) is 38.3 Å². The van der Waals surface area contributed by atoms with Crippen LogP contribution in [0.1, 0.15) is 24.9 Å². The van der Waals surface area contributed by atoms with Gasteiger partial charge in [-0.2, -0.15) is 0 Å². The van der Waals surface area contributed by atoms with Crippen LogP contribution < -0.4 is 5.73 Å². The maximum Gasteiger partial charge on any atom is 0.123 e. The molecule has 100 valence electrons. The van der Waals surface area contributed by atoms with Crippen LogP contribution in [0.4, 0.5) is 4.39 Å². The molecule has 1 heterocycles. The molecule has 3 nitrogen and oxygen atoms in total. The van der Waals surface area contributed by atoms with Crippen molar-refractivity contribution >= 4 is 0 Å². The first kappa shape index (κ1) is 13.5. The van der Waals surface area contributed by atoms with Gasteiger partial charge in [-0.25, -0.2) is 4.39 Å². The molecule has 0 bridgehead atoms. The normalized spacial score (nSPS) is 21.3. The lowest BCUT2D eigenvalue weighted by Crippen LogP contribution is -2.42. The second kappa shape index (κ2) is 6.27. The zero-order chi connectivity index (χ0) is 13.0. The summed E-state index contributed by atoms with van der Waals surface area (Å²) in [5, 5.41) is 0. The van der Waals surface area contributed by atoms with E-state index in [9.17, 15) is 4.39 Å². The second-order valence-corrected chi connectivity index (χ2v) is 4.82. The Morgan fingerprint density at radius 3 is 2.67 bits per heavy atom. The van der Waals surface area contributed by atoms with E-state index >= 15 is 0 Å². The van der Waals surface area contributed by atoms with Gasteiger partial charge in [-0.3, -0.25) is 4.90 Å². The highest BCUT2D eigenvalue weighted by Crippen LogP contribution is 2.19. The molecule has 1 aromatic rings. The number of hydrogen-bond donors (Lipinski definition) is 1. The van der Waals surface area contributed by atoms with Crippen molar-refractivity contribution in [3.63, 3.8) is 0 Å². The summed E-state index contributed by atoms with van der Waals surface area (Å²) >= 11 is 0. The number of ether oxygens (including phenoxy) is 1. The van der Waals surface area contributed by atoms with Crippen molar-refractivity contribution in [3.05, 3.63) is 35.6 Å². The van der Waals surface area contributed by atoms with Gasteiger partial charge in [0.05, 0.1) is 6.61 Å². The third-order valence-corrected chi connectivity index (χ3v) is 3.61. The molecule has 1 aliphatic rings. The van der Waals surface area contributed by atoms with Gasteiger partial charge in [-0.15, -0.1) is 0 Å². The fourth-order valence-corrected chi connectivity index (χ4v) is 2.36. The standard InChI is InChI=1S/C14H21FN2O/c1-11(17-7-2-9-18-10-8-17)14(16)12-3-5-13(15)6-4-12/h3-6,11,14H,2,7-10,16H2,1H3. The lowest BCUT2D eigenvalue weighted by Gasteiger charge is -2.31. The van der Waals surface area contributed by atoms with Crippen LogP contribution in [0.2, 0.25) is 0 Å². The number of rotatable bonds is 3. The smallest absolute Gasteiger partial charge is 0.123 e. The van der Waals surface area contributed by atoms with Crippen LogP contribution in [0.15, 0.2) is 24.3 Å². The largest absolute Gasteiger partial charge is 0.380 e. The molecule has 1 saturated heterocycles. The lowest BCUT2D eigenvalue weighted by atomic mass is 10.00. The molecule has 1 aliphatic heterocycles. The van der Waals surface area contributed by atoms with Crippen LogP contribution >= 0.6 is 0 Å². The monoisotopic (exact) mass is 252 g/mol. The lowest BCUT2D eigenvalue weighted by molar-refractivity contribution is 0.129. The zero-order valence-electron chi connectivity index (χ0n) is 10.8. The highest BCUT2D eigenvalue weighted by molar-refractivity contribution is 5.20. The fourth-order valence-electron chi connectivity index (χ4n) is 2.36. The van der Waals surface area contributed by atoms with E-state index in [1.807, 2.05) is 0 Å². The molecule has 2 atom stereocenters. The summed E-state index contributed by atoms with van der Waals surface area (Å²) in [5.74, 6) is -0.221. The Hall–Kier alpha value is -0.970. The van der Waals surface area contributed by atoms with Crippen LogP contribution in [0.25, 0.3) is 0 Å². The van der Waals surface area contributed by atoms with E-state index in [0.29, 0.717) is 0 Å².